The van der Waals surface area contributed by atoms with Crippen LogP contribution >= 0.6 is 0 Å². The molecule has 0 N–H and O–H groups in total. The van der Waals surface area contributed by atoms with Crippen LogP contribution in [0.15, 0.2) is 0 Å². The van der Waals surface area contributed by atoms with Crippen LogP contribution in [0.25, 0.3) is 0 Å². The van der Waals surface area contributed by atoms with Crippen molar-refractivity contribution in [2.45, 2.75) is 0 Å². The van der Waals surface area contributed by atoms with Crippen LogP contribution in [-0.4, -0.2) is 91.0 Å². The number of rotatable bonds is 0. The second-order valence-corrected chi connectivity index (χ2v) is 12.5. The molecule has 0 radical (unpaired) electrons. The molecule has 0 amide bonds. The average Bonchev–Trinajstić information content (AvgIpc) is 2.16. The molecule has 46 heteroatoms. The Morgan fingerprint density at radius 3 is 0.174 bits per heavy atom. The molecular weight excluding hydrogens is 1680 g/mol. The zero-order valence-corrected chi connectivity index (χ0v) is 50.7. The van der Waals surface area contributed by atoms with Crippen molar-refractivity contribution in [3.05, 3.63) is 0 Å². The molecule has 0 atom stereocenters. The van der Waals surface area contributed by atoms with Crippen molar-refractivity contribution in [2.24, 2.45) is 0 Å². The first-order chi connectivity index (χ1) is 16.0. The van der Waals surface area contributed by atoms with Crippen molar-refractivity contribution >= 4 is 91.0 Å². The Labute approximate surface area is 456 Å². The standard InChI is InChI=1S/4La.8Mn.32O.2Sr/q4*+3;;;;;;;;;;;;;;;;;;;;;;;;;16*-1;2*+2. The minimum Gasteiger partial charge on any atom is 2.00 e. The van der Waals surface area contributed by atoms with Gasteiger partial charge in [-0.3, -0.25) is 0 Å². The van der Waals surface area contributed by atoms with Gasteiger partial charge in [-0.2, -0.15) is 0 Å². The molecule has 0 aromatic rings. The molecule has 264 valence electrons. The van der Waals surface area contributed by atoms with Crippen molar-refractivity contribution in [3.8, 4) is 0 Å². The summed E-state index contributed by atoms with van der Waals surface area (Å²) in [4.78, 5) is 0. The molecule has 0 aliphatic rings. The van der Waals surface area contributed by atoms with Gasteiger partial charge in [-0.25, -0.2) is 0 Å². The summed E-state index contributed by atoms with van der Waals surface area (Å²) in [7, 11) is 0. The molecule has 0 aliphatic heterocycles. The Kier molecular flexibility index (Phi) is 94.3. The van der Waals surface area contributed by atoms with E-state index in [0.717, 1.165) is 0 Å². The summed E-state index contributed by atoms with van der Waals surface area (Å²) in [5.74, 6) is 0. The minimum absolute atomic E-state index is 0. The molecule has 0 aliphatic carbocycles. The molecular formula is La4Mn8O32Sr2. The first-order valence-corrected chi connectivity index (χ1v) is 20.4. The van der Waals surface area contributed by atoms with E-state index < -0.39 is 107 Å². The van der Waals surface area contributed by atoms with Crippen molar-refractivity contribution in [3.63, 3.8) is 0 Å². The van der Waals surface area contributed by atoms with E-state index in [-0.39, 0.29) is 233 Å². The third-order valence-corrected chi connectivity index (χ3v) is 0. The third kappa shape index (κ3) is 2090. The van der Waals surface area contributed by atoms with Crippen LogP contribution in [-0.2, 0) is 168 Å². The van der Waals surface area contributed by atoms with Gasteiger partial charge in [0.25, 0.3) is 0 Å². The van der Waals surface area contributed by atoms with Crippen molar-refractivity contribution in [1.82, 2.24) is 0 Å². The Hall–Kier alpha value is 8.06. The van der Waals surface area contributed by atoms with Crippen molar-refractivity contribution in [2.75, 3.05) is 0 Å². The zero-order chi connectivity index (χ0) is 36.0. The number of hydrogen-bond acceptors (Lipinski definition) is 32. The van der Waals surface area contributed by atoms with Crippen LogP contribution in [0.1, 0.15) is 0 Å². The van der Waals surface area contributed by atoms with Crippen LogP contribution < -0.4 is 67.0 Å². The molecule has 0 spiro atoms. The topological polar surface area (TPSA) is 642 Å². The van der Waals surface area contributed by atoms with Gasteiger partial charge in [-0.05, 0) is 0 Å². The predicted octanol–water partition coefficient (Wildman–Crippen LogP) is -21.7. The van der Waals surface area contributed by atoms with Crippen LogP contribution in [0.3, 0.4) is 0 Å². The van der Waals surface area contributed by atoms with Gasteiger partial charge in [0.15, 0.2) is 0 Å². The largest absolute Gasteiger partial charge is 2.00 e. The Balaban J connectivity index is -0.0000000208. The van der Waals surface area contributed by atoms with E-state index >= 15 is 0 Å². The van der Waals surface area contributed by atoms with E-state index in [1.165, 1.54) is 0 Å². The van der Waals surface area contributed by atoms with Gasteiger partial charge in [0.1, 0.15) is 0 Å². The zero-order valence-electron chi connectivity index (χ0n) is 19.8. The van der Waals surface area contributed by atoms with Crippen molar-refractivity contribution < 1.29 is 378 Å². The third-order valence-electron chi connectivity index (χ3n) is 0. The SMILES string of the molecule is [La+3].[La+3].[La+3].[La+3].[O]=[Mn](=[O])([O-])[O-].[O]=[Mn](=[O])([O-])[O-].[O]=[Mn](=[O])([O-])[O-].[O]=[Mn](=[O])([O-])[O-].[O]=[Mn](=[O])([O-])[O-].[O]=[Mn](=[O])([O-])[O-].[O]=[Mn](=[O])([O-])[O-].[O]=[Mn](=[O])([O-])[O-].[Sr+2].[Sr+2]. The second kappa shape index (κ2) is 45.8. The summed E-state index contributed by atoms with van der Waals surface area (Å²) < 4.78 is 274. The normalized spacial score (nSPS) is 10.1. The summed E-state index contributed by atoms with van der Waals surface area (Å²) in [6.45, 7) is 0. The second-order valence-electron chi connectivity index (χ2n) is 3.02. The first kappa shape index (κ1) is 94.8. The maximum Gasteiger partial charge on any atom is 2.00 e. The summed E-state index contributed by atoms with van der Waals surface area (Å²) >= 11 is -45.0. The molecule has 0 saturated heterocycles. The summed E-state index contributed by atoms with van der Waals surface area (Å²) in [6.07, 6.45) is 0. The fourth-order valence-corrected chi connectivity index (χ4v) is 0. The van der Waals surface area contributed by atoms with Gasteiger partial charge in [-0.15, -0.1) is 0 Å². The maximum atomic E-state index is 8.58. The summed E-state index contributed by atoms with van der Waals surface area (Å²) in [6, 6.07) is 0. The monoisotopic (exact) mass is 1680 g/mol. The minimum atomic E-state index is -5.62. The van der Waals surface area contributed by atoms with E-state index in [2.05, 4.69) is 0 Å². The Morgan fingerprint density at radius 2 is 0.174 bits per heavy atom. The number of hydrogen-bond donors (Lipinski definition) is 0. The summed E-state index contributed by atoms with van der Waals surface area (Å²) in [5.41, 5.74) is 0. The molecule has 0 aromatic heterocycles. The first-order valence-electron chi connectivity index (χ1n) is 4.94. The molecule has 46 heavy (non-hydrogen) atoms. The van der Waals surface area contributed by atoms with Crippen molar-refractivity contribution in [1.29, 1.82) is 0 Å². The molecule has 0 bridgehead atoms. The Morgan fingerprint density at radius 1 is 0.174 bits per heavy atom. The van der Waals surface area contributed by atoms with Gasteiger partial charge in [0, 0.05) is 0 Å². The van der Waals surface area contributed by atoms with E-state index in [0.29, 0.717) is 0 Å². The van der Waals surface area contributed by atoms with Gasteiger partial charge in [0.2, 0.25) is 0 Å². The van der Waals surface area contributed by atoms with E-state index in [1.807, 2.05) is 0 Å². The van der Waals surface area contributed by atoms with Gasteiger partial charge < -0.3 is 0 Å². The molecule has 0 aromatic carbocycles. The quantitative estimate of drug-likeness (QED) is 0.203. The average molecular weight is 1680 g/mol. The van der Waals surface area contributed by atoms with Crippen LogP contribution in [0.5, 0.6) is 0 Å². The molecule has 0 rings (SSSR count). The molecule has 0 saturated carbocycles. The van der Waals surface area contributed by atoms with Gasteiger partial charge >= 0.3 is 469 Å². The predicted molar refractivity (Wildman–Crippen MR) is 22.5 cm³/mol. The molecule has 0 heterocycles. The van der Waals surface area contributed by atoms with Crippen LogP contribution in [0.2, 0.25) is 0 Å². The Bertz CT molecular complexity index is 1090. The van der Waals surface area contributed by atoms with E-state index in [9.17, 15) is 0 Å². The van der Waals surface area contributed by atoms with Crippen LogP contribution in [0.4, 0.5) is 0 Å². The van der Waals surface area contributed by atoms with Gasteiger partial charge in [0.05, 0.1) is 0 Å². The molecule has 0 fully saturated rings. The van der Waals surface area contributed by atoms with Crippen LogP contribution in [0, 0.1) is 142 Å². The summed E-state index contributed by atoms with van der Waals surface area (Å²) in [5, 5.41) is 0. The fourth-order valence-electron chi connectivity index (χ4n) is 0. The molecule has 0 unspecified atom stereocenters. The van der Waals surface area contributed by atoms with E-state index in [4.69, 9.17) is 128 Å². The fraction of sp³-hybridized carbons (Fsp3) is 0. The molecule has 32 nitrogen and oxygen atoms in total. The van der Waals surface area contributed by atoms with E-state index in [1.54, 1.807) is 0 Å². The smallest absolute Gasteiger partial charge is 2.00 e. The maximum absolute atomic E-state index is 8.58. The van der Waals surface area contributed by atoms with Gasteiger partial charge in [-0.1, -0.05) is 0 Å².